The first-order valence-electron chi connectivity index (χ1n) is 5.63. The van der Waals surface area contributed by atoms with Crippen LogP contribution in [0.15, 0.2) is 12.4 Å². The molecule has 0 aromatic carbocycles. The number of nitrogens with zero attached hydrogens (tertiary/aromatic N) is 2. The van der Waals surface area contributed by atoms with Crippen LogP contribution in [-0.4, -0.2) is 28.0 Å². The lowest BCUT2D eigenvalue weighted by Crippen LogP contribution is -2.10. The SMILES string of the molecule is CCCC(C)CNc1cnn(CCO)c1. The van der Waals surface area contributed by atoms with Crippen LogP contribution in [0.1, 0.15) is 26.7 Å². The van der Waals surface area contributed by atoms with E-state index in [9.17, 15) is 0 Å². The van der Waals surface area contributed by atoms with E-state index in [1.54, 1.807) is 10.9 Å². The van der Waals surface area contributed by atoms with Crippen molar-refractivity contribution < 1.29 is 5.11 Å². The van der Waals surface area contributed by atoms with Crippen molar-refractivity contribution >= 4 is 5.69 Å². The van der Waals surface area contributed by atoms with Crippen molar-refractivity contribution in [2.24, 2.45) is 5.92 Å². The summed E-state index contributed by atoms with van der Waals surface area (Å²) in [7, 11) is 0. The van der Waals surface area contributed by atoms with Crippen molar-refractivity contribution in [1.29, 1.82) is 0 Å². The average molecular weight is 211 g/mol. The molecule has 0 fully saturated rings. The first kappa shape index (κ1) is 12.0. The lowest BCUT2D eigenvalue weighted by atomic mass is 10.1. The van der Waals surface area contributed by atoms with Gasteiger partial charge in [0.05, 0.1) is 25.0 Å². The van der Waals surface area contributed by atoms with Gasteiger partial charge in [0.25, 0.3) is 0 Å². The fourth-order valence-electron chi connectivity index (χ4n) is 1.57. The summed E-state index contributed by atoms with van der Waals surface area (Å²) in [5.41, 5.74) is 1.03. The fraction of sp³-hybridized carbons (Fsp3) is 0.727. The van der Waals surface area contributed by atoms with Gasteiger partial charge >= 0.3 is 0 Å². The monoisotopic (exact) mass is 211 g/mol. The fourth-order valence-corrected chi connectivity index (χ4v) is 1.57. The maximum Gasteiger partial charge on any atom is 0.0726 e. The van der Waals surface area contributed by atoms with Crippen LogP contribution in [-0.2, 0) is 6.54 Å². The summed E-state index contributed by atoms with van der Waals surface area (Å²) in [6, 6.07) is 0. The smallest absolute Gasteiger partial charge is 0.0726 e. The zero-order valence-corrected chi connectivity index (χ0v) is 9.61. The molecule has 0 bridgehead atoms. The van der Waals surface area contributed by atoms with Crippen molar-refractivity contribution in [1.82, 2.24) is 9.78 Å². The molecule has 2 N–H and O–H groups in total. The van der Waals surface area contributed by atoms with E-state index in [4.69, 9.17) is 5.11 Å². The third kappa shape index (κ3) is 4.34. The Labute approximate surface area is 91.3 Å². The van der Waals surface area contributed by atoms with Crippen LogP contribution in [0.2, 0.25) is 0 Å². The second kappa shape index (κ2) is 6.45. The highest BCUT2D eigenvalue weighted by Gasteiger charge is 2.01. The Morgan fingerprint density at radius 1 is 1.60 bits per heavy atom. The number of nitrogens with one attached hydrogen (secondary N) is 1. The third-order valence-electron chi connectivity index (χ3n) is 2.40. The van der Waals surface area contributed by atoms with Crippen molar-refractivity contribution in [3.8, 4) is 0 Å². The second-order valence-electron chi connectivity index (χ2n) is 3.99. The molecule has 0 radical (unpaired) electrons. The van der Waals surface area contributed by atoms with Crippen LogP contribution < -0.4 is 5.32 Å². The van der Waals surface area contributed by atoms with Gasteiger partial charge in [-0.05, 0) is 12.3 Å². The normalized spacial score (nSPS) is 12.7. The molecule has 1 aromatic rings. The van der Waals surface area contributed by atoms with Crippen LogP contribution in [0.3, 0.4) is 0 Å². The first-order valence-corrected chi connectivity index (χ1v) is 5.63. The molecule has 1 rings (SSSR count). The number of hydrogen-bond donors (Lipinski definition) is 2. The second-order valence-corrected chi connectivity index (χ2v) is 3.99. The average Bonchev–Trinajstić information content (AvgIpc) is 2.64. The quantitative estimate of drug-likeness (QED) is 0.722. The minimum atomic E-state index is 0.132. The molecular formula is C11H21N3O. The molecule has 1 atom stereocenters. The molecule has 1 heterocycles. The zero-order valence-electron chi connectivity index (χ0n) is 9.61. The van der Waals surface area contributed by atoms with Crippen molar-refractivity contribution in [3.05, 3.63) is 12.4 Å². The van der Waals surface area contributed by atoms with Crippen molar-refractivity contribution in [2.75, 3.05) is 18.5 Å². The summed E-state index contributed by atoms with van der Waals surface area (Å²) in [4.78, 5) is 0. The van der Waals surface area contributed by atoms with E-state index in [2.05, 4.69) is 24.3 Å². The molecule has 0 aliphatic rings. The molecule has 1 unspecified atom stereocenters. The van der Waals surface area contributed by atoms with E-state index in [0.29, 0.717) is 12.5 Å². The molecule has 0 amide bonds. The molecule has 0 aliphatic carbocycles. The molecule has 4 heteroatoms. The predicted molar refractivity (Wildman–Crippen MR) is 61.9 cm³/mol. The maximum atomic E-state index is 8.74. The van der Waals surface area contributed by atoms with Gasteiger partial charge in [-0.3, -0.25) is 4.68 Å². The van der Waals surface area contributed by atoms with E-state index in [0.717, 1.165) is 12.2 Å². The zero-order chi connectivity index (χ0) is 11.1. The topological polar surface area (TPSA) is 50.1 Å². The van der Waals surface area contributed by atoms with Crippen LogP contribution in [0.25, 0.3) is 0 Å². The van der Waals surface area contributed by atoms with Crippen molar-refractivity contribution in [3.63, 3.8) is 0 Å². The van der Waals surface area contributed by atoms with Gasteiger partial charge in [0.1, 0.15) is 0 Å². The molecule has 86 valence electrons. The minimum absolute atomic E-state index is 0.132. The molecule has 0 saturated heterocycles. The van der Waals surface area contributed by atoms with Crippen molar-refractivity contribution in [2.45, 2.75) is 33.2 Å². The Bertz CT molecular complexity index is 273. The Morgan fingerprint density at radius 3 is 3.07 bits per heavy atom. The molecule has 4 nitrogen and oxygen atoms in total. The number of hydrogen-bond acceptors (Lipinski definition) is 3. The summed E-state index contributed by atoms with van der Waals surface area (Å²) in [6.45, 7) is 6.13. The first-order chi connectivity index (χ1) is 7.26. The molecule has 0 saturated carbocycles. The third-order valence-corrected chi connectivity index (χ3v) is 2.40. The van der Waals surface area contributed by atoms with E-state index in [-0.39, 0.29) is 6.61 Å². The minimum Gasteiger partial charge on any atom is -0.394 e. The van der Waals surface area contributed by atoms with Gasteiger partial charge in [0.15, 0.2) is 0 Å². The molecular weight excluding hydrogens is 190 g/mol. The van der Waals surface area contributed by atoms with Gasteiger partial charge in [-0.15, -0.1) is 0 Å². The van der Waals surface area contributed by atoms with Crippen LogP contribution in [0, 0.1) is 5.92 Å². The van der Waals surface area contributed by atoms with Gasteiger partial charge < -0.3 is 10.4 Å². The number of anilines is 1. The summed E-state index contributed by atoms with van der Waals surface area (Å²) in [5, 5.41) is 16.2. The lowest BCUT2D eigenvalue weighted by Gasteiger charge is -2.10. The number of aromatic nitrogens is 2. The highest BCUT2D eigenvalue weighted by atomic mass is 16.3. The van der Waals surface area contributed by atoms with Crippen LogP contribution in [0.4, 0.5) is 5.69 Å². The van der Waals surface area contributed by atoms with Gasteiger partial charge in [-0.1, -0.05) is 20.3 Å². The highest BCUT2D eigenvalue weighted by molar-refractivity contribution is 5.37. The lowest BCUT2D eigenvalue weighted by molar-refractivity contribution is 0.269. The van der Waals surface area contributed by atoms with Gasteiger partial charge in [-0.2, -0.15) is 5.10 Å². The van der Waals surface area contributed by atoms with Gasteiger partial charge in [0.2, 0.25) is 0 Å². The molecule has 0 spiro atoms. The number of rotatable bonds is 7. The summed E-state index contributed by atoms with van der Waals surface area (Å²) >= 11 is 0. The van der Waals surface area contributed by atoms with E-state index in [1.165, 1.54) is 12.8 Å². The van der Waals surface area contributed by atoms with Gasteiger partial charge in [0, 0.05) is 12.7 Å². The van der Waals surface area contributed by atoms with E-state index >= 15 is 0 Å². The molecule has 0 aliphatic heterocycles. The Morgan fingerprint density at radius 2 is 2.40 bits per heavy atom. The summed E-state index contributed by atoms with van der Waals surface area (Å²) < 4.78 is 1.74. The Hall–Kier alpha value is -1.03. The largest absolute Gasteiger partial charge is 0.394 e. The van der Waals surface area contributed by atoms with Gasteiger partial charge in [-0.25, -0.2) is 0 Å². The van der Waals surface area contributed by atoms with Crippen LogP contribution >= 0.6 is 0 Å². The van der Waals surface area contributed by atoms with E-state index in [1.807, 2.05) is 6.20 Å². The Kier molecular flexibility index (Phi) is 5.18. The Balaban J connectivity index is 2.30. The van der Waals surface area contributed by atoms with Crippen LogP contribution in [0.5, 0.6) is 0 Å². The highest BCUT2D eigenvalue weighted by Crippen LogP contribution is 2.09. The van der Waals surface area contributed by atoms with E-state index < -0.39 is 0 Å². The summed E-state index contributed by atoms with van der Waals surface area (Å²) in [5.74, 6) is 0.691. The maximum absolute atomic E-state index is 8.74. The number of aliphatic hydroxyl groups excluding tert-OH is 1. The predicted octanol–water partition coefficient (Wildman–Crippen LogP) is 1.72. The standard InChI is InChI=1S/C11H21N3O/c1-3-4-10(2)7-12-11-8-13-14(9-11)5-6-15/h8-10,12,15H,3-7H2,1-2H3. The number of aliphatic hydroxyl groups is 1. The molecule has 15 heavy (non-hydrogen) atoms. The summed E-state index contributed by atoms with van der Waals surface area (Å²) in [6.07, 6.45) is 6.20. The molecule has 1 aromatic heterocycles.